The average molecular weight is 221 g/mol. The lowest BCUT2D eigenvalue weighted by atomic mass is 9.94. The van der Waals surface area contributed by atoms with Crippen molar-refractivity contribution in [2.75, 3.05) is 13.7 Å². The second kappa shape index (κ2) is 5.99. The molecule has 0 N–H and O–H groups in total. The van der Waals surface area contributed by atoms with Gasteiger partial charge in [-0.3, -0.25) is 4.79 Å². The molecule has 1 unspecified atom stereocenters. The zero-order chi connectivity index (χ0) is 12.0. The second-order valence-electron chi connectivity index (χ2n) is 3.33. The molecule has 0 fully saturated rings. The Balaban J connectivity index is 2.83. The molecule has 3 nitrogen and oxygen atoms in total. The van der Waals surface area contributed by atoms with E-state index in [1.54, 1.807) is 6.07 Å². The highest BCUT2D eigenvalue weighted by Crippen LogP contribution is 2.18. The molecule has 84 valence electrons. The zero-order valence-corrected chi connectivity index (χ0v) is 8.94. The summed E-state index contributed by atoms with van der Waals surface area (Å²) in [6.07, 6.45) is 0.158. The van der Waals surface area contributed by atoms with Crippen LogP contribution in [-0.4, -0.2) is 19.5 Å². The van der Waals surface area contributed by atoms with Crippen LogP contribution >= 0.6 is 0 Å². The van der Waals surface area contributed by atoms with Crippen LogP contribution in [-0.2, 0) is 9.53 Å². The molecule has 0 radical (unpaired) electrons. The van der Waals surface area contributed by atoms with E-state index in [1.165, 1.54) is 25.3 Å². The molecule has 0 aliphatic heterocycles. The summed E-state index contributed by atoms with van der Waals surface area (Å²) in [6.45, 7) is 0.270. The molecular weight excluding hydrogens is 209 g/mol. The molecule has 0 saturated heterocycles. The topological polar surface area (TPSA) is 50.1 Å². The molecule has 0 saturated carbocycles. The van der Waals surface area contributed by atoms with Gasteiger partial charge in [-0.1, -0.05) is 12.1 Å². The molecule has 0 bridgehead atoms. The number of rotatable bonds is 5. The highest BCUT2D eigenvalue weighted by Gasteiger charge is 2.19. The number of carbonyl (C=O) groups is 1. The molecule has 0 heterocycles. The van der Waals surface area contributed by atoms with Crippen molar-refractivity contribution in [3.63, 3.8) is 0 Å². The number of halogens is 1. The van der Waals surface area contributed by atoms with Crippen LogP contribution in [0.2, 0.25) is 0 Å². The third-order valence-corrected chi connectivity index (χ3v) is 2.19. The molecule has 1 aromatic carbocycles. The number of hydrogen-bond donors (Lipinski definition) is 0. The third kappa shape index (κ3) is 3.14. The highest BCUT2D eigenvalue weighted by atomic mass is 19.1. The van der Waals surface area contributed by atoms with Crippen molar-refractivity contribution in [1.29, 1.82) is 5.26 Å². The normalized spacial score (nSPS) is 11.8. The fourth-order valence-electron chi connectivity index (χ4n) is 1.37. The van der Waals surface area contributed by atoms with Crippen LogP contribution in [0.25, 0.3) is 0 Å². The third-order valence-electron chi connectivity index (χ3n) is 2.19. The molecule has 0 aromatic heterocycles. The van der Waals surface area contributed by atoms with E-state index in [1.807, 2.05) is 6.07 Å². The summed E-state index contributed by atoms with van der Waals surface area (Å²) in [5.41, 5.74) is 0.392. The maximum Gasteiger partial charge on any atom is 0.156 e. The van der Waals surface area contributed by atoms with Gasteiger partial charge in [0, 0.05) is 13.5 Å². The van der Waals surface area contributed by atoms with Gasteiger partial charge in [0.2, 0.25) is 0 Å². The molecule has 1 aromatic rings. The van der Waals surface area contributed by atoms with Crippen molar-refractivity contribution < 1.29 is 13.9 Å². The largest absolute Gasteiger partial charge is 0.384 e. The molecule has 16 heavy (non-hydrogen) atoms. The predicted molar refractivity (Wildman–Crippen MR) is 56.3 cm³/mol. The van der Waals surface area contributed by atoms with E-state index in [2.05, 4.69) is 0 Å². The van der Waals surface area contributed by atoms with E-state index < -0.39 is 11.7 Å². The van der Waals surface area contributed by atoms with Gasteiger partial charge in [-0.25, -0.2) is 4.39 Å². The van der Waals surface area contributed by atoms with E-state index >= 15 is 0 Å². The quantitative estimate of drug-likeness (QED) is 0.764. The van der Waals surface area contributed by atoms with Crippen LogP contribution in [0.3, 0.4) is 0 Å². The van der Waals surface area contributed by atoms with Crippen molar-refractivity contribution in [2.45, 2.75) is 12.3 Å². The smallest absolute Gasteiger partial charge is 0.156 e. The van der Waals surface area contributed by atoms with E-state index in [9.17, 15) is 9.18 Å². The van der Waals surface area contributed by atoms with Crippen LogP contribution in [0.15, 0.2) is 24.3 Å². The summed E-state index contributed by atoms with van der Waals surface area (Å²) in [6, 6.07) is 7.42. The first-order valence-electron chi connectivity index (χ1n) is 4.85. The Kier molecular flexibility index (Phi) is 4.62. The number of nitriles is 1. The van der Waals surface area contributed by atoms with Crippen LogP contribution in [0.4, 0.5) is 4.39 Å². The highest BCUT2D eigenvalue weighted by molar-refractivity contribution is 5.88. The van der Waals surface area contributed by atoms with Gasteiger partial charge in [0.15, 0.2) is 5.78 Å². The molecule has 4 heteroatoms. The Morgan fingerprint density at radius 1 is 1.62 bits per heavy atom. The van der Waals surface area contributed by atoms with E-state index in [0.717, 1.165) is 0 Å². The van der Waals surface area contributed by atoms with Gasteiger partial charge < -0.3 is 4.74 Å². The van der Waals surface area contributed by atoms with Gasteiger partial charge in [0.1, 0.15) is 11.7 Å². The number of ketones is 1. The fraction of sp³-hybridized carbons (Fsp3) is 0.333. The summed E-state index contributed by atoms with van der Waals surface area (Å²) in [5, 5.41) is 8.91. The minimum Gasteiger partial charge on any atom is -0.384 e. The van der Waals surface area contributed by atoms with Gasteiger partial charge in [-0.05, 0) is 17.7 Å². The van der Waals surface area contributed by atoms with Crippen molar-refractivity contribution in [1.82, 2.24) is 0 Å². The second-order valence-corrected chi connectivity index (χ2v) is 3.33. The predicted octanol–water partition coefficient (Wildman–Crippen LogP) is 2.04. The number of carbonyl (C=O) groups excluding carboxylic acids is 1. The number of Topliss-reactive ketones (excluding diaryl/α,β-unsaturated/α-hetero) is 1. The SMILES string of the molecule is COCCC(=O)C(C#N)c1cccc(F)c1. The van der Waals surface area contributed by atoms with Gasteiger partial charge in [0.05, 0.1) is 12.7 Å². The molecule has 0 spiro atoms. The van der Waals surface area contributed by atoms with Crippen LogP contribution in [0.1, 0.15) is 17.9 Å². The number of hydrogen-bond acceptors (Lipinski definition) is 3. The molecule has 0 aliphatic rings. The molecular formula is C12H12FNO2. The monoisotopic (exact) mass is 221 g/mol. The minimum absolute atomic E-state index is 0.158. The molecule has 0 amide bonds. The Morgan fingerprint density at radius 2 is 2.38 bits per heavy atom. The van der Waals surface area contributed by atoms with Crippen LogP contribution in [0.5, 0.6) is 0 Å². The van der Waals surface area contributed by atoms with Gasteiger partial charge in [-0.2, -0.15) is 5.26 Å². The van der Waals surface area contributed by atoms with Crippen molar-refractivity contribution in [3.8, 4) is 6.07 Å². The summed E-state index contributed by atoms with van der Waals surface area (Å²) in [4.78, 5) is 11.6. The number of nitrogens with zero attached hydrogens (tertiary/aromatic N) is 1. The van der Waals surface area contributed by atoms with E-state index in [4.69, 9.17) is 10.00 Å². The Bertz CT molecular complexity index is 412. The van der Waals surface area contributed by atoms with Gasteiger partial charge in [0.25, 0.3) is 0 Å². The summed E-state index contributed by atoms with van der Waals surface area (Å²) < 4.78 is 17.7. The summed E-state index contributed by atoms with van der Waals surface area (Å²) in [5.74, 6) is -1.61. The van der Waals surface area contributed by atoms with Crippen molar-refractivity contribution in [2.24, 2.45) is 0 Å². The Hall–Kier alpha value is -1.73. The van der Waals surface area contributed by atoms with Crippen LogP contribution in [0, 0.1) is 17.1 Å². The molecule has 0 aliphatic carbocycles. The van der Waals surface area contributed by atoms with Gasteiger partial charge >= 0.3 is 0 Å². The van der Waals surface area contributed by atoms with Crippen molar-refractivity contribution in [3.05, 3.63) is 35.6 Å². The first kappa shape index (κ1) is 12.3. The lowest BCUT2D eigenvalue weighted by Gasteiger charge is -2.07. The fourth-order valence-corrected chi connectivity index (χ4v) is 1.37. The van der Waals surface area contributed by atoms with E-state index in [-0.39, 0.29) is 18.8 Å². The first-order valence-corrected chi connectivity index (χ1v) is 4.85. The van der Waals surface area contributed by atoms with Gasteiger partial charge in [-0.15, -0.1) is 0 Å². The summed E-state index contributed by atoms with van der Waals surface area (Å²) >= 11 is 0. The lowest BCUT2D eigenvalue weighted by Crippen LogP contribution is -2.13. The number of benzene rings is 1. The first-order chi connectivity index (χ1) is 7.69. The maximum absolute atomic E-state index is 12.9. The number of methoxy groups -OCH3 is 1. The standard InChI is InChI=1S/C12H12FNO2/c1-16-6-5-12(15)11(8-14)9-3-2-4-10(13)7-9/h2-4,7,11H,5-6H2,1H3. The number of ether oxygens (including phenoxy) is 1. The molecule has 1 rings (SSSR count). The average Bonchev–Trinajstić information content (AvgIpc) is 2.27. The maximum atomic E-state index is 12.9. The Labute approximate surface area is 93.5 Å². The zero-order valence-electron chi connectivity index (χ0n) is 8.94. The lowest BCUT2D eigenvalue weighted by molar-refractivity contribution is -0.120. The minimum atomic E-state index is -0.911. The van der Waals surface area contributed by atoms with Crippen molar-refractivity contribution >= 4 is 5.78 Å². The molecule has 1 atom stereocenters. The summed E-state index contributed by atoms with van der Waals surface area (Å²) in [7, 11) is 1.48. The van der Waals surface area contributed by atoms with E-state index in [0.29, 0.717) is 5.56 Å². The Morgan fingerprint density at radius 3 is 2.94 bits per heavy atom. The van der Waals surface area contributed by atoms with Crippen LogP contribution < -0.4 is 0 Å².